The van der Waals surface area contributed by atoms with Gasteiger partial charge in [0.25, 0.3) is 0 Å². The van der Waals surface area contributed by atoms with Crippen molar-refractivity contribution in [2.75, 3.05) is 12.3 Å². The molecule has 0 aromatic carbocycles. The lowest BCUT2D eigenvalue weighted by atomic mass is 10.4. The summed E-state index contributed by atoms with van der Waals surface area (Å²) in [6.07, 6.45) is 2.91. The molecule has 1 rings (SSSR count). The van der Waals surface area contributed by atoms with E-state index < -0.39 is 0 Å². The molecule has 0 saturated carbocycles. The molecule has 0 atom stereocenters. The minimum absolute atomic E-state index is 0.0678. The summed E-state index contributed by atoms with van der Waals surface area (Å²) in [5, 5.41) is 0. The second-order valence-electron chi connectivity index (χ2n) is 2.74. The first kappa shape index (κ1) is 10.3. The van der Waals surface area contributed by atoms with E-state index >= 15 is 0 Å². The molecule has 1 aromatic rings. The van der Waals surface area contributed by atoms with Crippen molar-refractivity contribution < 1.29 is 9.53 Å². The second kappa shape index (κ2) is 4.45. The van der Waals surface area contributed by atoms with E-state index in [1.165, 1.54) is 23.0 Å². The number of nitrogens with two attached hydrogens (primary N) is 1. The Morgan fingerprint density at radius 1 is 1.64 bits per heavy atom. The average molecular weight is 196 g/mol. The number of aromatic nitrogens is 1. The largest absolute Gasteiger partial charge is 0.465 e. The minimum atomic E-state index is -0.351. The SMILES string of the molecule is CCOC(=O)Cn1ccc(=O)c(N)c1. The number of carbonyl (C=O) groups is 1. The highest BCUT2D eigenvalue weighted by atomic mass is 16.5. The molecule has 0 spiro atoms. The summed E-state index contributed by atoms with van der Waals surface area (Å²) in [4.78, 5) is 22.0. The van der Waals surface area contributed by atoms with Crippen LogP contribution in [0.1, 0.15) is 6.92 Å². The predicted molar refractivity (Wildman–Crippen MR) is 51.7 cm³/mol. The molecule has 0 fully saturated rings. The van der Waals surface area contributed by atoms with Crippen LogP contribution in [0.3, 0.4) is 0 Å². The van der Waals surface area contributed by atoms with E-state index in [1.54, 1.807) is 6.92 Å². The van der Waals surface area contributed by atoms with Crippen molar-refractivity contribution in [3.63, 3.8) is 0 Å². The van der Waals surface area contributed by atoms with Gasteiger partial charge in [-0.2, -0.15) is 0 Å². The summed E-state index contributed by atoms with van der Waals surface area (Å²) >= 11 is 0. The van der Waals surface area contributed by atoms with E-state index in [-0.39, 0.29) is 23.6 Å². The lowest BCUT2D eigenvalue weighted by Gasteiger charge is -2.05. The van der Waals surface area contributed by atoms with Crippen LogP contribution in [0.5, 0.6) is 0 Å². The molecule has 0 unspecified atom stereocenters. The highest BCUT2D eigenvalue weighted by molar-refractivity contribution is 5.69. The Kier molecular flexibility index (Phi) is 3.28. The molecule has 0 aliphatic rings. The van der Waals surface area contributed by atoms with Crippen molar-refractivity contribution in [2.45, 2.75) is 13.5 Å². The second-order valence-corrected chi connectivity index (χ2v) is 2.74. The van der Waals surface area contributed by atoms with E-state index in [1.807, 2.05) is 0 Å². The van der Waals surface area contributed by atoms with E-state index in [0.717, 1.165) is 0 Å². The van der Waals surface area contributed by atoms with Gasteiger partial charge in [0.1, 0.15) is 6.54 Å². The number of hydrogen-bond donors (Lipinski definition) is 1. The van der Waals surface area contributed by atoms with Crippen molar-refractivity contribution in [3.8, 4) is 0 Å². The predicted octanol–water partition coefficient (Wildman–Crippen LogP) is -0.00640. The Labute approximate surface area is 81.1 Å². The molecule has 5 nitrogen and oxygen atoms in total. The maximum atomic E-state index is 11.0. The van der Waals surface area contributed by atoms with Crippen LogP contribution in [0.4, 0.5) is 5.69 Å². The first-order valence-corrected chi connectivity index (χ1v) is 4.24. The Morgan fingerprint density at radius 3 is 2.93 bits per heavy atom. The summed E-state index contributed by atoms with van der Waals surface area (Å²) in [6, 6.07) is 1.31. The van der Waals surface area contributed by atoms with Crippen LogP contribution in [-0.2, 0) is 16.1 Å². The quantitative estimate of drug-likeness (QED) is 0.690. The highest BCUT2D eigenvalue weighted by Gasteiger charge is 2.02. The zero-order chi connectivity index (χ0) is 10.6. The van der Waals surface area contributed by atoms with E-state index in [9.17, 15) is 9.59 Å². The number of ether oxygens (including phenoxy) is 1. The van der Waals surface area contributed by atoms with Crippen molar-refractivity contribution >= 4 is 11.7 Å². The summed E-state index contributed by atoms with van der Waals surface area (Å²) in [7, 11) is 0. The van der Waals surface area contributed by atoms with Crippen LogP contribution in [0.2, 0.25) is 0 Å². The van der Waals surface area contributed by atoms with Crippen molar-refractivity contribution in [1.29, 1.82) is 0 Å². The molecule has 76 valence electrons. The Balaban J connectivity index is 2.73. The van der Waals surface area contributed by atoms with Crippen LogP contribution >= 0.6 is 0 Å². The zero-order valence-electron chi connectivity index (χ0n) is 7.90. The topological polar surface area (TPSA) is 74.3 Å². The van der Waals surface area contributed by atoms with E-state index in [0.29, 0.717) is 6.61 Å². The molecule has 1 heterocycles. The van der Waals surface area contributed by atoms with Gasteiger partial charge in [0, 0.05) is 18.5 Å². The molecule has 0 aliphatic carbocycles. The number of pyridine rings is 1. The monoisotopic (exact) mass is 196 g/mol. The number of esters is 1. The fourth-order valence-corrected chi connectivity index (χ4v) is 0.999. The molecule has 1 aromatic heterocycles. The summed E-state index contributed by atoms with van der Waals surface area (Å²) < 4.78 is 6.25. The lowest BCUT2D eigenvalue weighted by molar-refractivity contribution is -0.143. The molecule has 14 heavy (non-hydrogen) atoms. The normalized spacial score (nSPS) is 9.79. The summed E-state index contributed by atoms with van der Waals surface area (Å²) in [6.45, 7) is 2.14. The average Bonchev–Trinajstić information content (AvgIpc) is 2.12. The standard InChI is InChI=1S/C9H12N2O3/c1-2-14-9(13)6-11-4-3-8(12)7(10)5-11/h3-5H,2,6,10H2,1H3. The highest BCUT2D eigenvalue weighted by Crippen LogP contribution is 1.94. The molecular weight excluding hydrogens is 184 g/mol. The smallest absolute Gasteiger partial charge is 0.325 e. The third-order valence-corrected chi connectivity index (χ3v) is 1.62. The van der Waals surface area contributed by atoms with Crippen LogP contribution in [0.25, 0.3) is 0 Å². The third kappa shape index (κ3) is 2.62. The molecule has 0 radical (unpaired) electrons. The third-order valence-electron chi connectivity index (χ3n) is 1.62. The number of anilines is 1. The molecule has 0 amide bonds. The van der Waals surface area contributed by atoms with Crippen LogP contribution in [-0.4, -0.2) is 17.1 Å². The van der Waals surface area contributed by atoms with Crippen molar-refractivity contribution in [2.24, 2.45) is 0 Å². The fraction of sp³-hybridized carbons (Fsp3) is 0.333. The van der Waals surface area contributed by atoms with Gasteiger partial charge in [-0.05, 0) is 6.92 Å². The fourth-order valence-electron chi connectivity index (χ4n) is 0.999. The molecule has 5 heteroatoms. The van der Waals surface area contributed by atoms with Crippen molar-refractivity contribution in [3.05, 3.63) is 28.7 Å². The van der Waals surface area contributed by atoms with E-state index in [4.69, 9.17) is 10.5 Å². The Morgan fingerprint density at radius 2 is 2.36 bits per heavy atom. The van der Waals surface area contributed by atoms with Gasteiger partial charge in [-0.25, -0.2) is 0 Å². The lowest BCUT2D eigenvalue weighted by Crippen LogP contribution is -2.16. The maximum Gasteiger partial charge on any atom is 0.325 e. The molecule has 0 aliphatic heterocycles. The Hall–Kier alpha value is -1.78. The van der Waals surface area contributed by atoms with Gasteiger partial charge in [0.05, 0.1) is 12.3 Å². The number of nitrogen functional groups attached to an aromatic ring is 1. The van der Waals surface area contributed by atoms with Crippen LogP contribution < -0.4 is 11.2 Å². The zero-order valence-corrected chi connectivity index (χ0v) is 7.90. The molecule has 0 bridgehead atoms. The van der Waals surface area contributed by atoms with Gasteiger partial charge < -0.3 is 15.0 Å². The van der Waals surface area contributed by atoms with Crippen molar-refractivity contribution in [1.82, 2.24) is 4.57 Å². The van der Waals surface area contributed by atoms with Gasteiger partial charge in [-0.15, -0.1) is 0 Å². The first-order chi connectivity index (χ1) is 6.63. The van der Waals surface area contributed by atoms with E-state index in [2.05, 4.69) is 0 Å². The summed E-state index contributed by atoms with van der Waals surface area (Å²) in [5.41, 5.74) is 5.26. The van der Waals surface area contributed by atoms with Gasteiger partial charge >= 0.3 is 5.97 Å². The van der Waals surface area contributed by atoms with Gasteiger partial charge in [-0.1, -0.05) is 0 Å². The summed E-state index contributed by atoms with van der Waals surface area (Å²) in [5.74, 6) is -0.351. The molecule has 0 saturated heterocycles. The Bertz CT molecular complexity index is 384. The van der Waals surface area contributed by atoms with Gasteiger partial charge in [-0.3, -0.25) is 9.59 Å². The van der Waals surface area contributed by atoms with Gasteiger partial charge in [0.2, 0.25) is 5.43 Å². The first-order valence-electron chi connectivity index (χ1n) is 4.24. The maximum absolute atomic E-state index is 11.0. The molecule has 2 N–H and O–H groups in total. The van der Waals surface area contributed by atoms with Crippen LogP contribution in [0, 0.1) is 0 Å². The van der Waals surface area contributed by atoms with Gasteiger partial charge in [0.15, 0.2) is 0 Å². The van der Waals surface area contributed by atoms with Crippen LogP contribution in [0.15, 0.2) is 23.3 Å². The minimum Gasteiger partial charge on any atom is -0.465 e. The number of carbonyl (C=O) groups excluding carboxylic acids is 1. The number of nitrogens with zero attached hydrogens (tertiary/aromatic N) is 1. The number of hydrogen-bond acceptors (Lipinski definition) is 4. The molecular formula is C9H12N2O3. The number of rotatable bonds is 3.